The summed E-state index contributed by atoms with van der Waals surface area (Å²) in [6.07, 6.45) is 3.24. The molecule has 0 aliphatic carbocycles. The molecule has 0 amide bonds. The Kier molecular flexibility index (Phi) is 3.27. The number of hydrogen-bond donors (Lipinski definition) is 1. The van der Waals surface area contributed by atoms with Crippen LogP contribution in [0, 0.1) is 0 Å². The van der Waals surface area contributed by atoms with E-state index in [2.05, 4.69) is 15.3 Å². The topological polar surface area (TPSA) is 37.8 Å². The van der Waals surface area contributed by atoms with E-state index in [1.165, 1.54) is 0 Å². The summed E-state index contributed by atoms with van der Waals surface area (Å²) in [5.74, 6) is 0.673. The maximum atomic E-state index is 6.11. The van der Waals surface area contributed by atoms with Crippen LogP contribution in [0.4, 0.5) is 5.82 Å². The first-order chi connectivity index (χ1) is 7.72. The van der Waals surface area contributed by atoms with E-state index in [0.717, 1.165) is 5.56 Å². The number of rotatable bonds is 2. The standard InChI is InChI=1S/C11H9Cl2N3/c1-14-11-10(15-4-5-16-11)8-6-7(12)2-3-9(8)13/h2-6H,1H3,(H,14,16). The molecule has 0 bridgehead atoms. The van der Waals surface area contributed by atoms with Crippen LogP contribution in [0.5, 0.6) is 0 Å². The van der Waals surface area contributed by atoms with E-state index in [1.54, 1.807) is 37.6 Å². The molecule has 0 aliphatic rings. The van der Waals surface area contributed by atoms with Gasteiger partial charge in [0.2, 0.25) is 0 Å². The number of nitrogens with zero attached hydrogens (tertiary/aromatic N) is 2. The highest BCUT2D eigenvalue weighted by atomic mass is 35.5. The molecule has 2 rings (SSSR count). The van der Waals surface area contributed by atoms with Crippen LogP contribution in [0.25, 0.3) is 11.3 Å². The molecular formula is C11H9Cl2N3. The van der Waals surface area contributed by atoms with E-state index in [4.69, 9.17) is 23.2 Å². The normalized spacial score (nSPS) is 10.2. The fourth-order valence-electron chi connectivity index (χ4n) is 1.40. The Morgan fingerprint density at radius 3 is 2.62 bits per heavy atom. The van der Waals surface area contributed by atoms with E-state index >= 15 is 0 Å². The van der Waals surface area contributed by atoms with E-state index in [-0.39, 0.29) is 0 Å². The van der Waals surface area contributed by atoms with Crippen molar-refractivity contribution < 1.29 is 0 Å². The smallest absolute Gasteiger partial charge is 0.152 e. The molecule has 0 unspecified atom stereocenters. The molecule has 16 heavy (non-hydrogen) atoms. The predicted molar refractivity (Wildman–Crippen MR) is 67.0 cm³/mol. The van der Waals surface area contributed by atoms with E-state index in [1.807, 2.05) is 0 Å². The number of nitrogens with one attached hydrogen (secondary N) is 1. The Balaban J connectivity index is 2.62. The maximum Gasteiger partial charge on any atom is 0.152 e. The van der Waals surface area contributed by atoms with Gasteiger partial charge in [0, 0.05) is 30.0 Å². The molecule has 0 fully saturated rings. The zero-order valence-electron chi connectivity index (χ0n) is 8.54. The van der Waals surface area contributed by atoms with Crippen LogP contribution in [0.15, 0.2) is 30.6 Å². The molecule has 1 aromatic carbocycles. The average Bonchev–Trinajstić information content (AvgIpc) is 2.32. The van der Waals surface area contributed by atoms with Gasteiger partial charge in [-0.3, -0.25) is 4.98 Å². The maximum absolute atomic E-state index is 6.11. The van der Waals surface area contributed by atoms with Crippen molar-refractivity contribution >= 4 is 29.0 Å². The zero-order chi connectivity index (χ0) is 11.5. The highest BCUT2D eigenvalue weighted by Crippen LogP contribution is 2.32. The van der Waals surface area contributed by atoms with Crippen molar-refractivity contribution in [2.24, 2.45) is 0 Å². The van der Waals surface area contributed by atoms with E-state index in [9.17, 15) is 0 Å². The third-order valence-corrected chi connectivity index (χ3v) is 2.68. The Morgan fingerprint density at radius 1 is 1.12 bits per heavy atom. The molecule has 82 valence electrons. The van der Waals surface area contributed by atoms with Gasteiger partial charge in [-0.2, -0.15) is 0 Å². The summed E-state index contributed by atoms with van der Waals surface area (Å²) in [6, 6.07) is 5.25. The van der Waals surface area contributed by atoms with Gasteiger partial charge < -0.3 is 5.32 Å². The van der Waals surface area contributed by atoms with Crippen LogP contribution in [-0.2, 0) is 0 Å². The van der Waals surface area contributed by atoms with Crippen LogP contribution in [0.3, 0.4) is 0 Å². The van der Waals surface area contributed by atoms with Crippen LogP contribution < -0.4 is 5.32 Å². The lowest BCUT2D eigenvalue weighted by atomic mass is 10.1. The summed E-state index contributed by atoms with van der Waals surface area (Å²) in [5.41, 5.74) is 1.46. The Labute approximate surface area is 103 Å². The van der Waals surface area contributed by atoms with Crippen molar-refractivity contribution in [1.29, 1.82) is 0 Å². The lowest BCUT2D eigenvalue weighted by molar-refractivity contribution is 1.19. The van der Waals surface area contributed by atoms with Crippen molar-refractivity contribution in [3.63, 3.8) is 0 Å². The van der Waals surface area contributed by atoms with Gasteiger partial charge in [-0.15, -0.1) is 0 Å². The number of benzene rings is 1. The second-order valence-corrected chi connectivity index (χ2v) is 3.97. The van der Waals surface area contributed by atoms with Gasteiger partial charge in [0.05, 0.1) is 5.02 Å². The zero-order valence-corrected chi connectivity index (χ0v) is 10.0. The first-order valence-electron chi connectivity index (χ1n) is 4.66. The van der Waals surface area contributed by atoms with Crippen molar-refractivity contribution in [1.82, 2.24) is 9.97 Å². The largest absolute Gasteiger partial charge is 0.371 e. The van der Waals surface area contributed by atoms with Crippen LogP contribution in [-0.4, -0.2) is 17.0 Å². The fraction of sp³-hybridized carbons (Fsp3) is 0.0909. The Bertz CT molecular complexity index is 514. The molecule has 1 N–H and O–H groups in total. The average molecular weight is 254 g/mol. The molecule has 0 atom stereocenters. The lowest BCUT2D eigenvalue weighted by Crippen LogP contribution is -1.97. The van der Waals surface area contributed by atoms with E-state index < -0.39 is 0 Å². The van der Waals surface area contributed by atoms with Crippen LogP contribution >= 0.6 is 23.2 Å². The molecule has 0 saturated carbocycles. The van der Waals surface area contributed by atoms with Gasteiger partial charge in [-0.25, -0.2) is 4.98 Å². The van der Waals surface area contributed by atoms with Crippen LogP contribution in [0.2, 0.25) is 10.0 Å². The Hall–Kier alpha value is -1.32. The third kappa shape index (κ3) is 2.10. The van der Waals surface area contributed by atoms with Gasteiger partial charge in [0.1, 0.15) is 5.69 Å². The lowest BCUT2D eigenvalue weighted by Gasteiger charge is -2.08. The summed E-state index contributed by atoms with van der Waals surface area (Å²) in [7, 11) is 1.78. The fourth-order valence-corrected chi connectivity index (χ4v) is 1.78. The predicted octanol–water partition coefficient (Wildman–Crippen LogP) is 3.49. The Morgan fingerprint density at radius 2 is 1.88 bits per heavy atom. The molecule has 0 saturated heterocycles. The molecule has 5 heteroatoms. The quantitative estimate of drug-likeness (QED) is 0.891. The summed E-state index contributed by atoms with van der Waals surface area (Å²) in [6.45, 7) is 0. The molecule has 0 aliphatic heterocycles. The second kappa shape index (κ2) is 4.68. The van der Waals surface area contributed by atoms with E-state index in [0.29, 0.717) is 21.6 Å². The highest BCUT2D eigenvalue weighted by Gasteiger charge is 2.10. The minimum atomic E-state index is 0.599. The van der Waals surface area contributed by atoms with Gasteiger partial charge >= 0.3 is 0 Å². The van der Waals surface area contributed by atoms with Crippen molar-refractivity contribution in [2.75, 3.05) is 12.4 Å². The number of aromatic nitrogens is 2. The second-order valence-electron chi connectivity index (χ2n) is 3.13. The first-order valence-corrected chi connectivity index (χ1v) is 5.42. The third-order valence-electron chi connectivity index (χ3n) is 2.12. The number of halogens is 2. The van der Waals surface area contributed by atoms with Crippen molar-refractivity contribution in [2.45, 2.75) is 0 Å². The van der Waals surface area contributed by atoms with Gasteiger partial charge in [0.15, 0.2) is 5.82 Å². The molecular weight excluding hydrogens is 245 g/mol. The molecule has 2 aromatic rings. The van der Waals surface area contributed by atoms with Gasteiger partial charge in [-0.05, 0) is 18.2 Å². The summed E-state index contributed by atoms with van der Waals surface area (Å²) in [5, 5.41) is 4.18. The van der Waals surface area contributed by atoms with Gasteiger partial charge in [-0.1, -0.05) is 23.2 Å². The van der Waals surface area contributed by atoms with Gasteiger partial charge in [0.25, 0.3) is 0 Å². The molecule has 1 aromatic heterocycles. The summed E-state index contributed by atoms with van der Waals surface area (Å²) >= 11 is 12.0. The molecule has 3 nitrogen and oxygen atoms in total. The molecule has 1 heterocycles. The highest BCUT2D eigenvalue weighted by molar-refractivity contribution is 6.35. The van der Waals surface area contributed by atoms with Crippen molar-refractivity contribution in [3.05, 3.63) is 40.6 Å². The van der Waals surface area contributed by atoms with Crippen molar-refractivity contribution in [3.8, 4) is 11.3 Å². The SMILES string of the molecule is CNc1nccnc1-c1cc(Cl)ccc1Cl. The minimum Gasteiger partial charge on any atom is -0.371 e. The molecule has 0 spiro atoms. The minimum absolute atomic E-state index is 0.599. The number of hydrogen-bond acceptors (Lipinski definition) is 3. The number of anilines is 1. The summed E-state index contributed by atoms with van der Waals surface area (Å²) in [4.78, 5) is 8.42. The first kappa shape index (κ1) is 11.2. The summed E-state index contributed by atoms with van der Waals surface area (Å²) < 4.78 is 0. The van der Waals surface area contributed by atoms with Crippen LogP contribution in [0.1, 0.15) is 0 Å². The molecule has 0 radical (unpaired) electrons. The monoisotopic (exact) mass is 253 g/mol.